The van der Waals surface area contributed by atoms with Crippen LogP contribution >= 0.6 is 0 Å². The monoisotopic (exact) mass is 285 g/mol. The number of fused-ring (bicyclic) bond motifs is 1. The van der Waals surface area contributed by atoms with Crippen LogP contribution in [0.15, 0.2) is 42.5 Å². The molecule has 0 saturated carbocycles. The van der Waals surface area contributed by atoms with Crippen LogP contribution in [0.1, 0.15) is 24.9 Å². The summed E-state index contributed by atoms with van der Waals surface area (Å²) in [6.07, 6.45) is 0.904. The summed E-state index contributed by atoms with van der Waals surface area (Å²) in [6, 6.07) is 13.2. The van der Waals surface area contributed by atoms with Gasteiger partial charge in [0.05, 0.1) is 13.2 Å². The smallest absolute Gasteiger partial charge is 0.163 e. The van der Waals surface area contributed by atoms with Crippen LogP contribution < -0.4 is 14.8 Å². The van der Waals surface area contributed by atoms with Crippen molar-refractivity contribution in [2.45, 2.75) is 19.4 Å². The van der Waals surface area contributed by atoms with Gasteiger partial charge in [-0.3, -0.25) is 0 Å². The molecule has 4 heteroatoms. The maximum atomic E-state index is 9.34. The second-order valence-corrected chi connectivity index (χ2v) is 5.17. The van der Waals surface area contributed by atoms with Crippen molar-refractivity contribution in [3.05, 3.63) is 48.0 Å². The summed E-state index contributed by atoms with van der Waals surface area (Å²) in [5.41, 5.74) is 2.10. The zero-order chi connectivity index (χ0) is 14.7. The summed E-state index contributed by atoms with van der Waals surface area (Å²) in [5.74, 6) is 1.87. The third-order valence-corrected chi connectivity index (χ3v) is 3.52. The molecule has 0 saturated heterocycles. The molecule has 0 radical (unpaired) electrons. The number of hydrogen-bond acceptors (Lipinski definition) is 4. The Morgan fingerprint density at radius 3 is 2.48 bits per heavy atom. The topological polar surface area (TPSA) is 50.7 Å². The Balaban J connectivity index is 1.75. The number of ether oxygens (including phenoxy) is 2. The average Bonchev–Trinajstić information content (AvgIpc) is 2.72. The van der Waals surface area contributed by atoms with Gasteiger partial charge in [0.25, 0.3) is 0 Å². The van der Waals surface area contributed by atoms with E-state index < -0.39 is 0 Å². The zero-order valence-electron chi connectivity index (χ0n) is 12.0. The third kappa shape index (κ3) is 3.21. The molecular weight excluding hydrogens is 266 g/mol. The fourth-order valence-corrected chi connectivity index (χ4v) is 2.35. The van der Waals surface area contributed by atoms with Gasteiger partial charge in [0, 0.05) is 24.2 Å². The number of benzene rings is 2. The third-order valence-electron chi connectivity index (χ3n) is 3.52. The zero-order valence-corrected chi connectivity index (χ0v) is 12.0. The number of aromatic hydroxyl groups is 1. The van der Waals surface area contributed by atoms with E-state index in [0.717, 1.165) is 29.2 Å². The molecule has 0 bridgehead atoms. The molecule has 1 heterocycles. The van der Waals surface area contributed by atoms with Gasteiger partial charge in [-0.2, -0.15) is 0 Å². The Morgan fingerprint density at radius 2 is 1.71 bits per heavy atom. The Morgan fingerprint density at radius 1 is 1.00 bits per heavy atom. The minimum atomic E-state index is 0.135. The summed E-state index contributed by atoms with van der Waals surface area (Å²) in [7, 11) is 0. The molecule has 1 atom stereocenters. The first kappa shape index (κ1) is 13.6. The van der Waals surface area contributed by atoms with Gasteiger partial charge >= 0.3 is 0 Å². The molecule has 2 N–H and O–H groups in total. The van der Waals surface area contributed by atoms with E-state index >= 15 is 0 Å². The molecule has 3 rings (SSSR count). The molecule has 0 fully saturated rings. The summed E-state index contributed by atoms with van der Waals surface area (Å²) in [5, 5.41) is 12.8. The van der Waals surface area contributed by atoms with Crippen LogP contribution in [0.2, 0.25) is 0 Å². The SMILES string of the molecule is CC(Nc1ccc2c(c1)OCCCO2)c1ccc(O)cc1. The number of anilines is 1. The fourth-order valence-electron chi connectivity index (χ4n) is 2.35. The Bertz CT molecular complexity index is 610. The lowest BCUT2D eigenvalue weighted by Crippen LogP contribution is -2.06. The second-order valence-electron chi connectivity index (χ2n) is 5.17. The van der Waals surface area contributed by atoms with E-state index in [9.17, 15) is 5.11 Å². The maximum absolute atomic E-state index is 9.34. The van der Waals surface area contributed by atoms with Gasteiger partial charge in [0.2, 0.25) is 0 Å². The lowest BCUT2D eigenvalue weighted by atomic mass is 10.1. The highest BCUT2D eigenvalue weighted by Crippen LogP contribution is 2.33. The number of nitrogens with one attached hydrogen (secondary N) is 1. The minimum Gasteiger partial charge on any atom is -0.508 e. The van der Waals surface area contributed by atoms with Gasteiger partial charge in [-0.15, -0.1) is 0 Å². The van der Waals surface area contributed by atoms with Gasteiger partial charge in [-0.25, -0.2) is 0 Å². The van der Waals surface area contributed by atoms with Crippen LogP contribution in [0.5, 0.6) is 17.2 Å². The summed E-state index contributed by atoms with van der Waals surface area (Å²) < 4.78 is 11.3. The van der Waals surface area contributed by atoms with Crippen LogP contribution in [-0.4, -0.2) is 18.3 Å². The van der Waals surface area contributed by atoms with Gasteiger partial charge in [-0.1, -0.05) is 12.1 Å². The summed E-state index contributed by atoms with van der Waals surface area (Å²) in [4.78, 5) is 0. The number of rotatable bonds is 3. The molecule has 2 aromatic rings. The molecule has 1 unspecified atom stereocenters. The molecule has 1 aliphatic heterocycles. The molecule has 110 valence electrons. The molecule has 4 nitrogen and oxygen atoms in total. The predicted molar refractivity (Wildman–Crippen MR) is 82.2 cm³/mol. The van der Waals surface area contributed by atoms with E-state index in [1.54, 1.807) is 12.1 Å². The van der Waals surface area contributed by atoms with Crippen molar-refractivity contribution in [1.29, 1.82) is 0 Å². The van der Waals surface area contributed by atoms with Crippen LogP contribution in [0.3, 0.4) is 0 Å². The quantitative estimate of drug-likeness (QED) is 0.902. The van der Waals surface area contributed by atoms with Gasteiger partial charge in [0.1, 0.15) is 5.75 Å². The lowest BCUT2D eigenvalue weighted by Gasteiger charge is -2.17. The number of phenols is 1. The molecule has 0 aliphatic carbocycles. The maximum Gasteiger partial charge on any atom is 0.163 e. The van der Waals surface area contributed by atoms with E-state index in [4.69, 9.17) is 9.47 Å². The van der Waals surface area contributed by atoms with E-state index in [1.807, 2.05) is 30.3 Å². The molecule has 1 aliphatic rings. The van der Waals surface area contributed by atoms with Crippen molar-refractivity contribution >= 4 is 5.69 Å². The van der Waals surface area contributed by atoms with Crippen LogP contribution in [-0.2, 0) is 0 Å². The van der Waals surface area contributed by atoms with Gasteiger partial charge in [0.15, 0.2) is 11.5 Å². The van der Waals surface area contributed by atoms with E-state index in [2.05, 4.69) is 12.2 Å². The van der Waals surface area contributed by atoms with Crippen LogP contribution in [0.25, 0.3) is 0 Å². The van der Waals surface area contributed by atoms with Gasteiger partial charge < -0.3 is 19.9 Å². The fraction of sp³-hybridized carbons (Fsp3) is 0.294. The summed E-state index contributed by atoms with van der Waals surface area (Å²) >= 11 is 0. The van der Waals surface area contributed by atoms with Crippen molar-refractivity contribution in [2.75, 3.05) is 18.5 Å². The molecule has 0 amide bonds. The number of phenolic OH excluding ortho intramolecular Hbond substituents is 1. The lowest BCUT2D eigenvalue weighted by molar-refractivity contribution is 0.297. The predicted octanol–water partition coefficient (Wildman–Crippen LogP) is 3.73. The highest BCUT2D eigenvalue weighted by molar-refractivity contribution is 5.56. The highest BCUT2D eigenvalue weighted by Gasteiger charge is 2.12. The van der Waals surface area contributed by atoms with Crippen molar-refractivity contribution in [3.8, 4) is 17.2 Å². The molecule has 2 aromatic carbocycles. The van der Waals surface area contributed by atoms with E-state index in [1.165, 1.54) is 0 Å². The normalized spacial score (nSPS) is 15.1. The van der Waals surface area contributed by atoms with Crippen LogP contribution in [0.4, 0.5) is 5.69 Å². The first-order chi connectivity index (χ1) is 10.2. The Labute approximate surface area is 124 Å². The van der Waals surface area contributed by atoms with Crippen molar-refractivity contribution < 1.29 is 14.6 Å². The molecular formula is C17H19NO3. The Hall–Kier alpha value is -2.36. The highest BCUT2D eigenvalue weighted by atomic mass is 16.5. The molecule has 0 spiro atoms. The molecule has 21 heavy (non-hydrogen) atoms. The van der Waals surface area contributed by atoms with Crippen LogP contribution in [0, 0.1) is 0 Å². The second kappa shape index (κ2) is 5.95. The largest absolute Gasteiger partial charge is 0.508 e. The van der Waals surface area contributed by atoms with Gasteiger partial charge in [-0.05, 0) is 36.8 Å². The summed E-state index contributed by atoms with van der Waals surface area (Å²) in [6.45, 7) is 3.46. The minimum absolute atomic E-state index is 0.135. The number of hydrogen-bond donors (Lipinski definition) is 2. The first-order valence-electron chi connectivity index (χ1n) is 7.17. The average molecular weight is 285 g/mol. The van der Waals surface area contributed by atoms with E-state index in [0.29, 0.717) is 13.2 Å². The standard InChI is InChI=1S/C17H19NO3/c1-12(13-3-6-15(19)7-4-13)18-14-5-8-16-17(11-14)21-10-2-9-20-16/h3-8,11-12,18-19H,2,9-10H2,1H3. The van der Waals surface area contributed by atoms with Crippen molar-refractivity contribution in [3.63, 3.8) is 0 Å². The van der Waals surface area contributed by atoms with Crippen molar-refractivity contribution in [2.24, 2.45) is 0 Å². The molecule has 0 aromatic heterocycles. The van der Waals surface area contributed by atoms with E-state index in [-0.39, 0.29) is 11.8 Å². The van der Waals surface area contributed by atoms with Crippen molar-refractivity contribution in [1.82, 2.24) is 0 Å². The first-order valence-corrected chi connectivity index (χ1v) is 7.17. The Kier molecular flexibility index (Phi) is 3.86.